The van der Waals surface area contributed by atoms with Gasteiger partial charge in [0.05, 0.1) is 5.60 Å². The van der Waals surface area contributed by atoms with Crippen LogP contribution in [0.5, 0.6) is 0 Å². The maximum absolute atomic E-state index is 10.4. The van der Waals surface area contributed by atoms with Gasteiger partial charge in [0.25, 0.3) is 0 Å². The van der Waals surface area contributed by atoms with Gasteiger partial charge in [-0.2, -0.15) is 0 Å². The standard InChI is InChI=1S/C14H28N2O/c1-13(2)7-9-16(11-13)8-5-12-4-3-6-14(12,17)10-15/h12,17H,3-11,15H2,1-2H3. The maximum atomic E-state index is 10.4. The summed E-state index contributed by atoms with van der Waals surface area (Å²) in [5.41, 5.74) is 5.65. The first kappa shape index (κ1) is 13.3. The van der Waals surface area contributed by atoms with E-state index in [1.54, 1.807) is 0 Å². The molecule has 2 unspecified atom stereocenters. The molecule has 0 aromatic rings. The van der Waals surface area contributed by atoms with Gasteiger partial charge in [-0.3, -0.25) is 0 Å². The Morgan fingerprint density at radius 3 is 2.71 bits per heavy atom. The second kappa shape index (κ2) is 4.87. The van der Waals surface area contributed by atoms with E-state index in [2.05, 4.69) is 18.7 Å². The summed E-state index contributed by atoms with van der Waals surface area (Å²) < 4.78 is 0. The fourth-order valence-corrected chi connectivity index (χ4v) is 3.56. The zero-order chi connectivity index (χ0) is 12.5. The van der Waals surface area contributed by atoms with Crippen LogP contribution in [0.4, 0.5) is 0 Å². The molecule has 3 heteroatoms. The van der Waals surface area contributed by atoms with Crippen molar-refractivity contribution in [3.05, 3.63) is 0 Å². The van der Waals surface area contributed by atoms with E-state index in [1.807, 2.05) is 0 Å². The summed E-state index contributed by atoms with van der Waals surface area (Å²) in [7, 11) is 0. The SMILES string of the molecule is CC1(C)CCN(CCC2CCCC2(O)CN)C1. The Morgan fingerprint density at radius 1 is 1.35 bits per heavy atom. The van der Waals surface area contributed by atoms with Crippen LogP contribution in [-0.2, 0) is 0 Å². The lowest BCUT2D eigenvalue weighted by Crippen LogP contribution is -2.42. The molecular formula is C14H28N2O. The van der Waals surface area contributed by atoms with Gasteiger partial charge in [-0.1, -0.05) is 20.3 Å². The van der Waals surface area contributed by atoms with Crippen molar-refractivity contribution in [1.29, 1.82) is 0 Å². The monoisotopic (exact) mass is 240 g/mol. The molecular weight excluding hydrogens is 212 g/mol. The van der Waals surface area contributed by atoms with Crippen molar-refractivity contribution < 1.29 is 5.11 Å². The molecule has 2 fully saturated rings. The summed E-state index contributed by atoms with van der Waals surface area (Å²) >= 11 is 0. The molecule has 2 rings (SSSR count). The molecule has 3 N–H and O–H groups in total. The molecule has 0 radical (unpaired) electrons. The van der Waals surface area contributed by atoms with Crippen LogP contribution >= 0.6 is 0 Å². The van der Waals surface area contributed by atoms with E-state index in [0.717, 1.165) is 32.2 Å². The maximum Gasteiger partial charge on any atom is 0.0797 e. The third-order valence-electron chi connectivity index (χ3n) is 4.83. The summed E-state index contributed by atoms with van der Waals surface area (Å²) in [4.78, 5) is 2.55. The third kappa shape index (κ3) is 3.01. The normalized spacial score (nSPS) is 37.8. The Morgan fingerprint density at radius 2 is 2.12 bits per heavy atom. The molecule has 0 spiro atoms. The van der Waals surface area contributed by atoms with Crippen LogP contribution in [0.3, 0.4) is 0 Å². The van der Waals surface area contributed by atoms with Gasteiger partial charge in [0, 0.05) is 13.1 Å². The lowest BCUT2D eigenvalue weighted by atomic mass is 9.88. The minimum atomic E-state index is -0.560. The van der Waals surface area contributed by atoms with Gasteiger partial charge in [-0.05, 0) is 50.1 Å². The van der Waals surface area contributed by atoms with E-state index in [0.29, 0.717) is 17.9 Å². The Bertz CT molecular complexity index is 267. The van der Waals surface area contributed by atoms with Crippen LogP contribution in [0.2, 0.25) is 0 Å². The number of nitrogens with two attached hydrogens (primary N) is 1. The molecule has 1 aliphatic carbocycles. The van der Waals surface area contributed by atoms with E-state index in [1.165, 1.54) is 19.5 Å². The van der Waals surface area contributed by atoms with Gasteiger partial charge in [0.1, 0.15) is 0 Å². The average Bonchev–Trinajstić information content (AvgIpc) is 2.80. The highest BCUT2D eigenvalue weighted by molar-refractivity contribution is 4.94. The number of rotatable bonds is 4. The molecule has 0 bridgehead atoms. The van der Waals surface area contributed by atoms with Crippen LogP contribution in [0.1, 0.15) is 46.0 Å². The zero-order valence-electron chi connectivity index (χ0n) is 11.4. The Kier molecular flexibility index (Phi) is 3.81. The minimum absolute atomic E-state index is 0.427. The van der Waals surface area contributed by atoms with Gasteiger partial charge < -0.3 is 15.7 Å². The summed E-state index contributed by atoms with van der Waals surface area (Å²) in [6.07, 6.45) is 5.62. The minimum Gasteiger partial charge on any atom is -0.388 e. The van der Waals surface area contributed by atoms with Gasteiger partial charge >= 0.3 is 0 Å². The second-order valence-corrected chi connectivity index (χ2v) is 6.88. The third-order valence-corrected chi connectivity index (χ3v) is 4.83. The van der Waals surface area contributed by atoms with Crippen LogP contribution in [0.15, 0.2) is 0 Å². The van der Waals surface area contributed by atoms with E-state index in [4.69, 9.17) is 5.73 Å². The molecule has 0 aromatic carbocycles. The van der Waals surface area contributed by atoms with Crippen molar-refractivity contribution in [2.24, 2.45) is 17.1 Å². The van der Waals surface area contributed by atoms with Crippen LogP contribution in [-0.4, -0.2) is 41.8 Å². The van der Waals surface area contributed by atoms with E-state index in [9.17, 15) is 5.11 Å². The molecule has 100 valence electrons. The number of aliphatic hydroxyl groups is 1. The first-order chi connectivity index (χ1) is 7.95. The molecule has 1 saturated heterocycles. The summed E-state index contributed by atoms with van der Waals surface area (Å²) in [5, 5.41) is 10.4. The fourth-order valence-electron chi connectivity index (χ4n) is 3.56. The lowest BCUT2D eigenvalue weighted by molar-refractivity contribution is 0.00505. The molecule has 1 heterocycles. The summed E-state index contributed by atoms with van der Waals surface area (Å²) in [6, 6.07) is 0. The Labute approximate surface area is 105 Å². The zero-order valence-corrected chi connectivity index (χ0v) is 11.4. The number of likely N-dealkylation sites (tertiary alicyclic amines) is 1. The highest BCUT2D eigenvalue weighted by atomic mass is 16.3. The molecule has 2 aliphatic rings. The molecule has 3 nitrogen and oxygen atoms in total. The van der Waals surface area contributed by atoms with Crippen LogP contribution < -0.4 is 5.73 Å². The first-order valence-electron chi connectivity index (χ1n) is 7.10. The lowest BCUT2D eigenvalue weighted by Gasteiger charge is -2.30. The summed E-state index contributed by atoms with van der Waals surface area (Å²) in [6.45, 7) is 8.69. The molecule has 1 aliphatic heterocycles. The quantitative estimate of drug-likeness (QED) is 0.785. The molecule has 0 aromatic heterocycles. The van der Waals surface area contributed by atoms with E-state index < -0.39 is 5.60 Å². The van der Waals surface area contributed by atoms with Gasteiger partial charge in [0.2, 0.25) is 0 Å². The van der Waals surface area contributed by atoms with Crippen molar-refractivity contribution in [3.8, 4) is 0 Å². The van der Waals surface area contributed by atoms with Crippen molar-refractivity contribution in [1.82, 2.24) is 4.90 Å². The van der Waals surface area contributed by atoms with E-state index in [-0.39, 0.29) is 0 Å². The highest BCUT2D eigenvalue weighted by Gasteiger charge is 2.40. The largest absolute Gasteiger partial charge is 0.388 e. The van der Waals surface area contributed by atoms with Crippen molar-refractivity contribution in [2.75, 3.05) is 26.2 Å². The van der Waals surface area contributed by atoms with Crippen LogP contribution in [0, 0.1) is 11.3 Å². The topological polar surface area (TPSA) is 49.5 Å². The molecule has 1 saturated carbocycles. The summed E-state index contributed by atoms with van der Waals surface area (Å²) in [5.74, 6) is 0.427. The molecule has 0 amide bonds. The number of nitrogens with zero attached hydrogens (tertiary/aromatic N) is 1. The van der Waals surface area contributed by atoms with Gasteiger partial charge in [-0.25, -0.2) is 0 Å². The van der Waals surface area contributed by atoms with Crippen molar-refractivity contribution in [3.63, 3.8) is 0 Å². The number of hydrogen-bond donors (Lipinski definition) is 2. The smallest absolute Gasteiger partial charge is 0.0797 e. The average molecular weight is 240 g/mol. The predicted molar refractivity (Wildman–Crippen MR) is 70.8 cm³/mol. The predicted octanol–water partition coefficient (Wildman–Crippen LogP) is 1.60. The van der Waals surface area contributed by atoms with Gasteiger partial charge in [-0.15, -0.1) is 0 Å². The van der Waals surface area contributed by atoms with Crippen molar-refractivity contribution >= 4 is 0 Å². The highest BCUT2D eigenvalue weighted by Crippen LogP contribution is 2.38. The second-order valence-electron chi connectivity index (χ2n) is 6.88. The molecule has 17 heavy (non-hydrogen) atoms. The Balaban J connectivity index is 1.79. The van der Waals surface area contributed by atoms with Crippen LogP contribution in [0.25, 0.3) is 0 Å². The molecule has 2 atom stereocenters. The van der Waals surface area contributed by atoms with E-state index >= 15 is 0 Å². The van der Waals surface area contributed by atoms with Gasteiger partial charge in [0.15, 0.2) is 0 Å². The fraction of sp³-hybridized carbons (Fsp3) is 1.00. The first-order valence-corrected chi connectivity index (χ1v) is 7.10. The number of hydrogen-bond acceptors (Lipinski definition) is 3. The Hall–Kier alpha value is -0.120. The van der Waals surface area contributed by atoms with Crippen molar-refractivity contribution in [2.45, 2.75) is 51.6 Å².